The summed E-state index contributed by atoms with van der Waals surface area (Å²) < 4.78 is 6.45. The Balaban J connectivity index is 1.98. The molecular weight excluding hydrogens is 294 g/mol. The third-order valence-corrected chi connectivity index (χ3v) is 3.91. The number of carbonyl (C=O) groups excluding carboxylic acids is 1. The highest BCUT2D eigenvalue weighted by Gasteiger charge is 2.31. The van der Waals surface area contributed by atoms with Crippen molar-refractivity contribution in [2.75, 3.05) is 6.61 Å². The normalized spacial score (nSPS) is 24.8. The topological polar surface area (TPSA) is 38.3 Å². The van der Waals surface area contributed by atoms with Crippen LogP contribution < -0.4 is 5.32 Å². The van der Waals surface area contributed by atoms with Crippen LogP contribution in [0.25, 0.3) is 0 Å². The Morgan fingerprint density at radius 1 is 1.56 bits per heavy atom. The van der Waals surface area contributed by atoms with Gasteiger partial charge in [-0.1, -0.05) is 28.1 Å². The van der Waals surface area contributed by atoms with Crippen LogP contribution in [0.4, 0.5) is 0 Å². The van der Waals surface area contributed by atoms with Crippen molar-refractivity contribution in [2.45, 2.75) is 32.4 Å². The molecule has 1 N–H and O–H groups in total. The predicted octanol–water partition coefficient (Wildman–Crippen LogP) is 3.05. The number of halogens is 1. The van der Waals surface area contributed by atoms with Gasteiger partial charge in [-0.05, 0) is 38.0 Å². The molecule has 0 aliphatic carbocycles. The average Bonchev–Trinajstić information content (AvgIpc) is 2.75. The molecule has 0 saturated carbocycles. The molecule has 3 unspecified atom stereocenters. The molecule has 0 radical (unpaired) electrons. The van der Waals surface area contributed by atoms with Crippen LogP contribution in [0.5, 0.6) is 0 Å². The monoisotopic (exact) mass is 311 g/mol. The second kappa shape index (κ2) is 5.85. The van der Waals surface area contributed by atoms with E-state index in [9.17, 15) is 4.79 Å². The van der Waals surface area contributed by atoms with Crippen molar-refractivity contribution in [3.8, 4) is 0 Å². The molecule has 1 fully saturated rings. The Hall–Kier alpha value is -0.870. The highest BCUT2D eigenvalue weighted by Crippen LogP contribution is 2.23. The lowest BCUT2D eigenvalue weighted by molar-refractivity contribution is -0.127. The van der Waals surface area contributed by atoms with Crippen LogP contribution in [0.3, 0.4) is 0 Å². The van der Waals surface area contributed by atoms with Gasteiger partial charge >= 0.3 is 0 Å². The van der Waals surface area contributed by atoms with E-state index in [1.54, 1.807) is 0 Å². The van der Waals surface area contributed by atoms with Gasteiger partial charge in [0.25, 0.3) is 0 Å². The number of amides is 1. The quantitative estimate of drug-likeness (QED) is 0.931. The molecule has 1 aliphatic heterocycles. The Bertz CT molecular complexity index is 436. The number of rotatable bonds is 3. The first-order valence-corrected chi connectivity index (χ1v) is 7.04. The van der Waals surface area contributed by atoms with Crippen LogP contribution in [0, 0.1) is 5.92 Å². The highest BCUT2D eigenvalue weighted by molar-refractivity contribution is 9.10. The summed E-state index contributed by atoms with van der Waals surface area (Å²) in [6, 6.07) is 8.01. The summed E-state index contributed by atoms with van der Waals surface area (Å²) in [6.45, 7) is 4.64. The van der Waals surface area contributed by atoms with E-state index in [1.807, 2.05) is 38.1 Å². The smallest absolute Gasteiger partial charge is 0.226 e. The molecule has 3 atom stereocenters. The fourth-order valence-corrected chi connectivity index (χ4v) is 2.67. The minimum Gasteiger partial charge on any atom is -0.378 e. The van der Waals surface area contributed by atoms with Gasteiger partial charge in [-0.2, -0.15) is 0 Å². The average molecular weight is 312 g/mol. The Morgan fingerprint density at radius 3 is 2.94 bits per heavy atom. The van der Waals surface area contributed by atoms with Crippen molar-refractivity contribution in [3.63, 3.8) is 0 Å². The Kier molecular flexibility index (Phi) is 4.40. The molecule has 1 saturated heterocycles. The van der Waals surface area contributed by atoms with Crippen LogP contribution in [-0.2, 0) is 9.53 Å². The zero-order valence-electron chi connectivity index (χ0n) is 10.7. The standard InChI is InChI=1S/C14H18BrNO2/c1-9(11-4-3-5-12(15)8-11)16-14(17)13-6-7-18-10(13)2/h3-5,8-10,13H,6-7H2,1-2H3,(H,16,17). The first-order valence-electron chi connectivity index (χ1n) is 6.25. The number of hydrogen-bond donors (Lipinski definition) is 1. The van der Waals surface area contributed by atoms with E-state index in [0.717, 1.165) is 16.5 Å². The molecule has 1 aliphatic rings. The number of nitrogens with one attached hydrogen (secondary N) is 1. The van der Waals surface area contributed by atoms with Crippen molar-refractivity contribution in [1.29, 1.82) is 0 Å². The van der Waals surface area contributed by atoms with E-state index in [-0.39, 0.29) is 24.0 Å². The van der Waals surface area contributed by atoms with Crippen molar-refractivity contribution in [2.24, 2.45) is 5.92 Å². The molecule has 0 aromatic heterocycles. The van der Waals surface area contributed by atoms with Crippen molar-refractivity contribution in [1.82, 2.24) is 5.32 Å². The lowest BCUT2D eigenvalue weighted by Crippen LogP contribution is -2.35. The number of carbonyl (C=O) groups is 1. The molecule has 2 rings (SSSR count). The first kappa shape index (κ1) is 13.6. The Labute approximate surface area is 116 Å². The molecule has 0 bridgehead atoms. The van der Waals surface area contributed by atoms with E-state index in [4.69, 9.17) is 4.74 Å². The number of benzene rings is 1. The summed E-state index contributed by atoms with van der Waals surface area (Å²) in [5.41, 5.74) is 1.10. The largest absolute Gasteiger partial charge is 0.378 e. The van der Waals surface area contributed by atoms with Crippen molar-refractivity contribution in [3.05, 3.63) is 34.3 Å². The molecule has 4 heteroatoms. The van der Waals surface area contributed by atoms with Gasteiger partial charge in [-0.15, -0.1) is 0 Å². The molecule has 3 nitrogen and oxygen atoms in total. The van der Waals surface area contributed by atoms with Crippen LogP contribution in [-0.4, -0.2) is 18.6 Å². The molecule has 1 heterocycles. The van der Waals surface area contributed by atoms with Gasteiger partial charge < -0.3 is 10.1 Å². The molecule has 18 heavy (non-hydrogen) atoms. The van der Waals surface area contributed by atoms with E-state index in [0.29, 0.717) is 6.61 Å². The molecule has 98 valence electrons. The maximum atomic E-state index is 12.1. The fraction of sp³-hybridized carbons (Fsp3) is 0.500. The van der Waals surface area contributed by atoms with E-state index < -0.39 is 0 Å². The van der Waals surface area contributed by atoms with E-state index >= 15 is 0 Å². The molecule has 1 aromatic carbocycles. The summed E-state index contributed by atoms with van der Waals surface area (Å²) in [5.74, 6) is 0.0760. The minimum absolute atomic E-state index is 0.0143. The van der Waals surface area contributed by atoms with Gasteiger partial charge in [0.2, 0.25) is 5.91 Å². The summed E-state index contributed by atoms with van der Waals surface area (Å²) in [5, 5.41) is 3.06. The van der Waals surface area contributed by atoms with Gasteiger partial charge in [0, 0.05) is 11.1 Å². The Morgan fingerprint density at radius 2 is 2.33 bits per heavy atom. The van der Waals surface area contributed by atoms with Crippen LogP contribution >= 0.6 is 15.9 Å². The van der Waals surface area contributed by atoms with Crippen LogP contribution in [0.2, 0.25) is 0 Å². The maximum Gasteiger partial charge on any atom is 0.226 e. The molecule has 1 aromatic rings. The van der Waals surface area contributed by atoms with Gasteiger partial charge in [0.05, 0.1) is 18.1 Å². The van der Waals surface area contributed by atoms with Crippen molar-refractivity contribution >= 4 is 21.8 Å². The van der Waals surface area contributed by atoms with Gasteiger partial charge in [0.15, 0.2) is 0 Å². The first-order chi connectivity index (χ1) is 8.58. The van der Waals surface area contributed by atoms with E-state index in [1.165, 1.54) is 0 Å². The number of ether oxygens (including phenoxy) is 1. The van der Waals surface area contributed by atoms with Crippen LogP contribution in [0.1, 0.15) is 31.9 Å². The fourth-order valence-electron chi connectivity index (χ4n) is 2.26. The zero-order chi connectivity index (χ0) is 13.1. The van der Waals surface area contributed by atoms with Gasteiger partial charge in [-0.25, -0.2) is 0 Å². The number of hydrogen-bond acceptors (Lipinski definition) is 2. The SMILES string of the molecule is CC(NC(=O)C1CCOC1C)c1cccc(Br)c1. The molecule has 1 amide bonds. The van der Waals surface area contributed by atoms with Gasteiger partial charge in [0.1, 0.15) is 0 Å². The third-order valence-electron chi connectivity index (χ3n) is 3.42. The maximum absolute atomic E-state index is 12.1. The minimum atomic E-state index is -0.0143. The predicted molar refractivity (Wildman–Crippen MR) is 74.2 cm³/mol. The third kappa shape index (κ3) is 3.12. The lowest BCUT2D eigenvalue weighted by atomic mass is 10.0. The second-order valence-electron chi connectivity index (χ2n) is 4.76. The molecule has 0 spiro atoms. The summed E-state index contributed by atoms with van der Waals surface area (Å²) in [4.78, 5) is 12.1. The summed E-state index contributed by atoms with van der Waals surface area (Å²) in [7, 11) is 0. The zero-order valence-corrected chi connectivity index (χ0v) is 12.2. The van der Waals surface area contributed by atoms with E-state index in [2.05, 4.69) is 21.2 Å². The summed E-state index contributed by atoms with van der Waals surface area (Å²) >= 11 is 3.44. The lowest BCUT2D eigenvalue weighted by Gasteiger charge is -2.19. The van der Waals surface area contributed by atoms with Gasteiger partial charge in [-0.3, -0.25) is 4.79 Å². The van der Waals surface area contributed by atoms with Crippen LogP contribution in [0.15, 0.2) is 28.7 Å². The highest BCUT2D eigenvalue weighted by atomic mass is 79.9. The summed E-state index contributed by atoms with van der Waals surface area (Å²) in [6.07, 6.45) is 0.845. The van der Waals surface area contributed by atoms with Crippen molar-refractivity contribution < 1.29 is 9.53 Å². The molecular formula is C14H18BrNO2. The second-order valence-corrected chi connectivity index (χ2v) is 5.67.